The average molecular weight is 386 g/mol. The van der Waals surface area contributed by atoms with Gasteiger partial charge in [0.1, 0.15) is 11.4 Å². The number of quaternary nitrogens is 1. The molecule has 1 aliphatic heterocycles. The molecule has 2 aromatic rings. The lowest BCUT2D eigenvalue weighted by molar-refractivity contribution is -0.917. The van der Waals surface area contributed by atoms with Gasteiger partial charge in [-0.2, -0.15) is 4.31 Å². The van der Waals surface area contributed by atoms with E-state index in [-0.39, 0.29) is 14.9 Å². The number of hydrogen-bond donors (Lipinski definition) is 1. The zero-order valence-corrected chi connectivity index (χ0v) is 15.4. The highest BCUT2D eigenvalue weighted by Gasteiger charge is 2.32. The second kappa shape index (κ2) is 7.42. The van der Waals surface area contributed by atoms with E-state index in [9.17, 15) is 8.42 Å². The molecule has 0 bridgehead atoms. The van der Waals surface area contributed by atoms with Gasteiger partial charge in [0.15, 0.2) is 0 Å². The second-order valence-electron chi connectivity index (χ2n) is 5.87. The summed E-state index contributed by atoms with van der Waals surface area (Å²) in [6.07, 6.45) is 0. The van der Waals surface area contributed by atoms with Gasteiger partial charge < -0.3 is 4.90 Å². The van der Waals surface area contributed by atoms with E-state index < -0.39 is 10.0 Å². The van der Waals surface area contributed by atoms with Gasteiger partial charge in [-0.05, 0) is 12.1 Å². The van der Waals surface area contributed by atoms with Crippen molar-refractivity contribution < 1.29 is 13.3 Å². The summed E-state index contributed by atoms with van der Waals surface area (Å²) >= 11 is 12.0. The van der Waals surface area contributed by atoms with Crippen molar-refractivity contribution in [3.8, 4) is 0 Å². The van der Waals surface area contributed by atoms with Crippen LogP contribution in [0.3, 0.4) is 0 Å². The van der Waals surface area contributed by atoms with E-state index in [0.717, 1.165) is 19.6 Å². The van der Waals surface area contributed by atoms with Gasteiger partial charge in [0.05, 0.1) is 36.2 Å². The molecule has 3 rings (SSSR count). The smallest absolute Gasteiger partial charge is 0.245 e. The van der Waals surface area contributed by atoms with Crippen molar-refractivity contribution in [1.29, 1.82) is 0 Å². The van der Waals surface area contributed by atoms with E-state index in [0.29, 0.717) is 13.1 Å². The van der Waals surface area contributed by atoms with Crippen LogP contribution in [-0.4, -0.2) is 38.9 Å². The topological polar surface area (TPSA) is 41.8 Å². The molecule has 0 saturated carbocycles. The zero-order chi connectivity index (χ0) is 17.2. The molecule has 7 heteroatoms. The minimum Gasteiger partial charge on any atom is -0.329 e. The van der Waals surface area contributed by atoms with E-state index in [1.807, 2.05) is 18.2 Å². The van der Waals surface area contributed by atoms with Crippen molar-refractivity contribution >= 4 is 33.2 Å². The van der Waals surface area contributed by atoms with Crippen LogP contribution >= 0.6 is 23.2 Å². The molecular weight excluding hydrogens is 367 g/mol. The Bertz CT molecular complexity index is 805. The first-order chi connectivity index (χ1) is 11.5. The third-order valence-electron chi connectivity index (χ3n) is 4.26. The van der Waals surface area contributed by atoms with Crippen LogP contribution in [0.25, 0.3) is 0 Å². The monoisotopic (exact) mass is 385 g/mol. The van der Waals surface area contributed by atoms with Crippen LogP contribution in [0.1, 0.15) is 5.56 Å². The number of sulfonamides is 1. The summed E-state index contributed by atoms with van der Waals surface area (Å²) < 4.78 is 27.1. The summed E-state index contributed by atoms with van der Waals surface area (Å²) in [4.78, 5) is 1.47. The van der Waals surface area contributed by atoms with Crippen molar-refractivity contribution in [3.05, 3.63) is 64.1 Å². The number of hydrogen-bond acceptors (Lipinski definition) is 2. The number of piperazine rings is 1. The number of halogens is 2. The second-order valence-corrected chi connectivity index (χ2v) is 8.56. The van der Waals surface area contributed by atoms with Crippen LogP contribution in [0.15, 0.2) is 53.4 Å². The lowest BCUT2D eigenvalue weighted by Crippen LogP contribution is -3.13. The fraction of sp³-hybridized carbons (Fsp3) is 0.294. The lowest BCUT2D eigenvalue weighted by Gasteiger charge is -2.31. The van der Waals surface area contributed by atoms with Crippen LogP contribution in [0.5, 0.6) is 0 Å². The van der Waals surface area contributed by atoms with E-state index in [1.54, 1.807) is 12.1 Å². The van der Waals surface area contributed by atoms with Crippen molar-refractivity contribution in [2.45, 2.75) is 11.4 Å². The van der Waals surface area contributed by atoms with Crippen LogP contribution < -0.4 is 4.90 Å². The molecular formula is C17H19Cl2N2O2S+. The summed E-state index contributed by atoms with van der Waals surface area (Å²) in [5.41, 5.74) is 1.27. The standard InChI is InChI=1S/C17H18Cl2N2O2S/c18-15-7-4-8-16(17(15)19)24(22,23)21-11-9-20(10-12-21)13-14-5-2-1-3-6-14/h1-8H,9-13H2/p+1. The summed E-state index contributed by atoms with van der Waals surface area (Å²) in [5.74, 6) is 0. The molecule has 24 heavy (non-hydrogen) atoms. The molecule has 0 spiro atoms. The molecule has 0 radical (unpaired) electrons. The van der Waals surface area contributed by atoms with Gasteiger partial charge in [-0.3, -0.25) is 0 Å². The first kappa shape index (κ1) is 17.7. The normalized spacial score (nSPS) is 17.1. The van der Waals surface area contributed by atoms with Gasteiger partial charge in [0.2, 0.25) is 10.0 Å². The largest absolute Gasteiger partial charge is 0.329 e. The minimum absolute atomic E-state index is 0.0863. The first-order valence-corrected chi connectivity index (χ1v) is 10.00. The molecule has 4 nitrogen and oxygen atoms in total. The molecule has 0 aliphatic carbocycles. The minimum atomic E-state index is -3.61. The lowest BCUT2D eigenvalue weighted by atomic mass is 10.2. The van der Waals surface area contributed by atoms with Crippen molar-refractivity contribution in [3.63, 3.8) is 0 Å². The molecule has 1 heterocycles. The third kappa shape index (κ3) is 3.76. The summed E-state index contributed by atoms with van der Waals surface area (Å²) in [6.45, 7) is 3.41. The predicted molar refractivity (Wildman–Crippen MR) is 96.1 cm³/mol. The highest BCUT2D eigenvalue weighted by atomic mass is 35.5. The van der Waals surface area contributed by atoms with Crippen molar-refractivity contribution in [2.24, 2.45) is 0 Å². The highest BCUT2D eigenvalue weighted by molar-refractivity contribution is 7.89. The van der Waals surface area contributed by atoms with Crippen LogP contribution in [0, 0.1) is 0 Å². The maximum atomic E-state index is 12.8. The zero-order valence-electron chi connectivity index (χ0n) is 13.1. The number of nitrogens with one attached hydrogen (secondary N) is 1. The van der Waals surface area contributed by atoms with Gasteiger partial charge in [-0.1, -0.05) is 59.6 Å². The maximum absolute atomic E-state index is 12.8. The Kier molecular flexibility index (Phi) is 5.47. The number of rotatable bonds is 4. The Balaban J connectivity index is 1.69. The average Bonchev–Trinajstić information content (AvgIpc) is 2.58. The Labute approximate surface area is 152 Å². The fourth-order valence-electron chi connectivity index (χ4n) is 2.93. The molecule has 128 valence electrons. The molecule has 2 aromatic carbocycles. The summed E-state index contributed by atoms with van der Waals surface area (Å²) in [6, 6.07) is 14.9. The Morgan fingerprint density at radius 3 is 2.29 bits per heavy atom. The Morgan fingerprint density at radius 1 is 0.958 bits per heavy atom. The molecule has 0 amide bonds. The summed E-state index contributed by atoms with van der Waals surface area (Å²) in [7, 11) is -3.61. The molecule has 1 saturated heterocycles. The molecule has 0 unspecified atom stereocenters. The Hall–Kier alpha value is -1.11. The van der Waals surface area contributed by atoms with Gasteiger partial charge in [0.25, 0.3) is 0 Å². The highest BCUT2D eigenvalue weighted by Crippen LogP contribution is 2.30. The number of nitrogens with zero attached hydrogens (tertiary/aromatic N) is 1. The van der Waals surface area contributed by atoms with Gasteiger partial charge in [0, 0.05) is 5.56 Å². The first-order valence-electron chi connectivity index (χ1n) is 7.80. The Morgan fingerprint density at radius 2 is 1.62 bits per heavy atom. The molecule has 1 N–H and O–H groups in total. The quantitative estimate of drug-likeness (QED) is 0.875. The van der Waals surface area contributed by atoms with Crippen molar-refractivity contribution in [2.75, 3.05) is 26.2 Å². The van der Waals surface area contributed by atoms with E-state index in [4.69, 9.17) is 23.2 Å². The predicted octanol–water partition coefficient (Wildman–Crippen LogP) is 2.08. The van der Waals surface area contributed by atoms with E-state index in [1.165, 1.54) is 20.8 Å². The molecule has 1 fully saturated rings. The fourth-order valence-corrected chi connectivity index (χ4v) is 5.10. The number of benzene rings is 2. The van der Waals surface area contributed by atoms with E-state index >= 15 is 0 Å². The summed E-state index contributed by atoms with van der Waals surface area (Å²) in [5, 5.41) is 0.351. The van der Waals surface area contributed by atoms with Gasteiger partial charge in [-0.15, -0.1) is 0 Å². The van der Waals surface area contributed by atoms with Crippen LogP contribution in [0.4, 0.5) is 0 Å². The van der Waals surface area contributed by atoms with Gasteiger partial charge in [-0.25, -0.2) is 8.42 Å². The molecule has 1 aliphatic rings. The molecule has 0 aromatic heterocycles. The SMILES string of the molecule is O=S(=O)(c1cccc(Cl)c1Cl)N1CC[NH+](Cc2ccccc2)CC1. The van der Waals surface area contributed by atoms with Crippen molar-refractivity contribution in [1.82, 2.24) is 4.31 Å². The van der Waals surface area contributed by atoms with Crippen LogP contribution in [0.2, 0.25) is 10.0 Å². The van der Waals surface area contributed by atoms with Crippen LogP contribution in [-0.2, 0) is 16.6 Å². The van der Waals surface area contributed by atoms with Gasteiger partial charge >= 0.3 is 0 Å². The maximum Gasteiger partial charge on any atom is 0.245 e. The molecule has 0 atom stereocenters. The van der Waals surface area contributed by atoms with E-state index in [2.05, 4.69) is 12.1 Å². The third-order valence-corrected chi connectivity index (χ3v) is 7.13.